The highest BCUT2D eigenvalue weighted by atomic mass is 16.5. The molecule has 0 saturated heterocycles. The van der Waals surface area contributed by atoms with Crippen LogP contribution in [0.2, 0.25) is 0 Å². The van der Waals surface area contributed by atoms with Gasteiger partial charge in [-0.3, -0.25) is 29.0 Å². The average Bonchev–Trinajstić information content (AvgIpc) is 2.89. The molecule has 9 heteroatoms. The second-order valence-corrected chi connectivity index (χ2v) is 8.19. The predicted octanol–water partition coefficient (Wildman–Crippen LogP) is 3.95. The number of aromatic amines is 1. The molecule has 0 atom stereocenters. The van der Waals surface area contributed by atoms with Gasteiger partial charge in [-0.2, -0.15) is 0 Å². The van der Waals surface area contributed by atoms with Crippen LogP contribution in [0.15, 0.2) is 88.7 Å². The largest absolute Gasteiger partial charge is 0.456 e. The summed E-state index contributed by atoms with van der Waals surface area (Å²) in [6.07, 6.45) is 4.76. The molecule has 2 aromatic heterocycles. The summed E-state index contributed by atoms with van der Waals surface area (Å²) in [5.41, 5.74) is 6.08. The third-order valence-electron chi connectivity index (χ3n) is 5.62. The minimum atomic E-state index is -0.717. The third-order valence-corrected chi connectivity index (χ3v) is 5.62. The monoisotopic (exact) mass is 485 g/mol. The SMILES string of the molecule is CCCCn1c(N)c(N(Cc2ccccc2)C(=O)c2ccc(Oc3cccnc3)cc2)c(=O)[nH]c1=O. The highest BCUT2D eigenvalue weighted by Crippen LogP contribution is 2.25. The molecule has 0 spiro atoms. The summed E-state index contributed by atoms with van der Waals surface area (Å²) >= 11 is 0. The fraction of sp³-hybridized carbons (Fsp3) is 0.185. The molecule has 0 radical (unpaired) electrons. The van der Waals surface area contributed by atoms with Crippen molar-refractivity contribution in [2.24, 2.45) is 0 Å². The van der Waals surface area contributed by atoms with Gasteiger partial charge < -0.3 is 10.5 Å². The molecule has 0 saturated carbocycles. The smallest absolute Gasteiger partial charge is 0.330 e. The van der Waals surface area contributed by atoms with E-state index in [9.17, 15) is 14.4 Å². The number of nitrogens with two attached hydrogens (primary N) is 1. The quantitative estimate of drug-likeness (QED) is 0.370. The van der Waals surface area contributed by atoms with Crippen LogP contribution in [0.4, 0.5) is 11.5 Å². The molecule has 2 heterocycles. The van der Waals surface area contributed by atoms with E-state index in [2.05, 4.69) is 9.97 Å². The van der Waals surface area contributed by atoms with E-state index in [0.29, 0.717) is 30.0 Å². The zero-order valence-corrected chi connectivity index (χ0v) is 19.9. The van der Waals surface area contributed by atoms with Gasteiger partial charge in [-0.05, 0) is 48.4 Å². The highest BCUT2D eigenvalue weighted by molar-refractivity contribution is 6.07. The first kappa shape index (κ1) is 24.5. The van der Waals surface area contributed by atoms with Gasteiger partial charge in [0, 0.05) is 18.3 Å². The van der Waals surface area contributed by atoms with Crippen molar-refractivity contribution in [1.82, 2.24) is 14.5 Å². The maximum atomic E-state index is 13.7. The van der Waals surface area contributed by atoms with Gasteiger partial charge in [0.05, 0.1) is 12.7 Å². The van der Waals surface area contributed by atoms with E-state index in [4.69, 9.17) is 10.5 Å². The molecule has 4 rings (SSSR count). The van der Waals surface area contributed by atoms with Crippen molar-refractivity contribution in [2.45, 2.75) is 32.9 Å². The second-order valence-electron chi connectivity index (χ2n) is 8.19. The number of aromatic nitrogens is 3. The minimum absolute atomic E-state index is 0.0435. The summed E-state index contributed by atoms with van der Waals surface area (Å²) < 4.78 is 7.06. The van der Waals surface area contributed by atoms with Gasteiger partial charge in [0.2, 0.25) is 0 Å². The van der Waals surface area contributed by atoms with Crippen molar-refractivity contribution in [2.75, 3.05) is 10.6 Å². The first-order valence-corrected chi connectivity index (χ1v) is 11.6. The third kappa shape index (κ3) is 5.52. The molecule has 3 N–H and O–H groups in total. The van der Waals surface area contributed by atoms with Crippen molar-refractivity contribution in [3.63, 3.8) is 0 Å². The Morgan fingerprint density at radius 1 is 1.03 bits per heavy atom. The van der Waals surface area contributed by atoms with E-state index in [1.165, 1.54) is 9.47 Å². The summed E-state index contributed by atoms with van der Waals surface area (Å²) in [6, 6.07) is 19.3. The number of H-pyrrole nitrogens is 1. The zero-order chi connectivity index (χ0) is 25.5. The molecule has 184 valence electrons. The summed E-state index contributed by atoms with van der Waals surface area (Å²) in [5, 5.41) is 0. The van der Waals surface area contributed by atoms with E-state index >= 15 is 0 Å². The Balaban J connectivity index is 1.72. The van der Waals surface area contributed by atoms with Crippen molar-refractivity contribution >= 4 is 17.4 Å². The van der Waals surface area contributed by atoms with Crippen molar-refractivity contribution in [3.05, 3.63) is 111 Å². The van der Waals surface area contributed by atoms with Crippen LogP contribution in [0, 0.1) is 0 Å². The van der Waals surface area contributed by atoms with E-state index < -0.39 is 17.2 Å². The maximum absolute atomic E-state index is 13.7. The number of nitrogens with one attached hydrogen (secondary N) is 1. The Bertz CT molecular complexity index is 1430. The number of benzene rings is 2. The molecular formula is C27H27N5O4. The van der Waals surface area contributed by atoms with Crippen LogP contribution in [0.1, 0.15) is 35.7 Å². The van der Waals surface area contributed by atoms with E-state index in [-0.39, 0.29) is 18.1 Å². The van der Waals surface area contributed by atoms with Crippen LogP contribution in [0.5, 0.6) is 11.5 Å². The molecule has 9 nitrogen and oxygen atoms in total. The Morgan fingerprint density at radius 2 is 1.78 bits per heavy atom. The van der Waals surface area contributed by atoms with Gasteiger partial charge in [0.25, 0.3) is 11.5 Å². The lowest BCUT2D eigenvalue weighted by Gasteiger charge is -2.25. The van der Waals surface area contributed by atoms with Gasteiger partial charge in [0.15, 0.2) is 5.69 Å². The molecule has 0 bridgehead atoms. The van der Waals surface area contributed by atoms with Crippen LogP contribution in [-0.4, -0.2) is 20.4 Å². The molecule has 36 heavy (non-hydrogen) atoms. The van der Waals surface area contributed by atoms with Crippen LogP contribution in [0.3, 0.4) is 0 Å². The number of anilines is 2. The van der Waals surface area contributed by atoms with Crippen molar-refractivity contribution in [1.29, 1.82) is 0 Å². The van der Waals surface area contributed by atoms with Gasteiger partial charge in [-0.1, -0.05) is 43.7 Å². The van der Waals surface area contributed by atoms with Gasteiger partial charge >= 0.3 is 5.69 Å². The normalized spacial score (nSPS) is 10.7. The molecule has 0 aliphatic heterocycles. The first-order valence-electron chi connectivity index (χ1n) is 11.6. The Hall–Kier alpha value is -4.66. The Morgan fingerprint density at radius 3 is 2.44 bits per heavy atom. The van der Waals surface area contributed by atoms with Crippen LogP contribution >= 0.6 is 0 Å². The number of nitrogens with zero attached hydrogens (tertiary/aromatic N) is 3. The Kier molecular flexibility index (Phi) is 7.60. The topological polar surface area (TPSA) is 123 Å². The number of carbonyl (C=O) groups is 1. The standard InChI is InChI=1S/C27H27N5O4/c1-2-3-16-31-24(28)23(25(33)30-27(31)35)32(18-19-8-5-4-6-9-19)26(34)20-11-13-21(14-12-20)36-22-10-7-15-29-17-22/h4-15,17H,2-3,16,18,28H2,1H3,(H,30,33,35). The second kappa shape index (κ2) is 11.2. The summed E-state index contributed by atoms with van der Waals surface area (Å²) in [7, 11) is 0. The lowest BCUT2D eigenvalue weighted by molar-refractivity contribution is 0.0984. The van der Waals surface area contributed by atoms with Crippen LogP contribution in [0.25, 0.3) is 0 Å². The highest BCUT2D eigenvalue weighted by Gasteiger charge is 2.25. The number of hydrogen-bond donors (Lipinski definition) is 2. The van der Waals surface area contributed by atoms with E-state index in [0.717, 1.165) is 12.0 Å². The molecule has 0 aliphatic rings. The lowest BCUT2D eigenvalue weighted by Crippen LogP contribution is -2.41. The number of amides is 1. The lowest BCUT2D eigenvalue weighted by atomic mass is 10.1. The molecule has 1 amide bonds. The molecule has 0 unspecified atom stereocenters. The molecular weight excluding hydrogens is 458 g/mol. The molecule has 0 fully saturated rings. The van der Waals surface area contributed by atoms with Crippen molar-refractivity contribution in [3.8, 4) is 11.5 Å². The number of nitrogen functional groups attached to an aromatic ring is 1. The average molecular weight is 486 g/mol. The molecule has 0 aliphatic carbocycles. The molecule has 2 aromatic carbocycles. The number of carbonyl (C=O) groups excluding carboxylic acids is 1. The van der Waals surface area contributed by atoms with Crippen LogP contribution < -0.4 is 26.6 Å². The summed E-state index contributed by atoms with van der Waals surface area (Å²) in [4.78, 5) is 46.7. The minimum Gasteiger partial charge on any atom is -0.456 e. The number of ether oxygens (including phenoxy) is 1. The van der Waals surface area contributed by atoms with E-state index in [1.54, 1.807) is 48.8 Å². The summed E-state index contributed by atoms with van der Waals surface area (Å²) in [6.45, 7) is 2.41. The van der Waals surface area contributed by atoms with Gasteiger partial charge in [0.1, 0.15) is 17.3 Å². The number of hydrogen-bond acceptors (Lipinski definition) is 6. The predicted molar refractivity (Wildman–Crippen MR) is 138 cm³/mol. The fourth-order valence-corrected chi connectivity index (χ4v) is 3.76. The zero-order valence-electron chi connectivity index (χ0n) is 19.9. The number of unbranched alkanes of at least 4 members (excludes halogenated alkanes) is 1. The molecule has 4 aromatic rings. The number of pyridine rings is 1. The van der Waals surface area contributed by atoms with E-state index in [1.807, 2.05) is 37.3 Å². The summed E-state index contributed by atoms with van der Waals surface area (Å²) in [5.74, 6) is 0.609. The number of rotatable bonds is 9. The first-order chi connectivity index (χ1) is 17.5. The van der Waals surface area contributed by atoms with Gasteiger partial charge in [-0.25, -0.2) is 4.79 Å². The maximum Gasteiger partial charge on any atom is 0.330 e. The fourth-order valence-electron chi connectivity index (χ4n) is 3.76. The van der Waals surface area contributed by atoms with Crippen LogP contribution in [-0.2, 0) is 13.1 Å². The van der Waals surface area contributed by atoms with Gasteiger partial charge in [-0.15, -0.1) is 0 Å². The van der Waals surface area contributed by atoms with Crippen molar-refractivity contribution < 1.29 is 9.53 Å². The Labute approximate surface area is 207 Å².